The lowest BCUT2D eigenvalue weighted by Crippen LogP contribution is -2.40. The number of ketones is 2. The van der Waals surface area contributed by atoms with E-state index in [1.807, 2.05) is 6.92 Å². The number of rotatable bonds is 4. The van der Waals surface area contributed by atoms with Gasteiger partial charge in [0.25, 0.3) is 0 Å². The molecule has 2 fully saturated rings. The van der Waals surface area contributed by atoms with E-state index in [0.29, 0.717) is 13.2 Å². The second-order valence-electron chi connectivity index (χ2n) is 6.78. The van der Waals surface area contributed by atoms with Crippen molar-refractivity contribution in [1.29, 1.82) is 0 Å². The first-order valence-corrected chi connectivity index (χ1v) is 8.48. The Morgan fingerprint density at radius 2 is 2.00 bits per heavy atom. The molecule has 0 aromatic heterocycles. The van der Waals surface area contributed by atoms with Crippen LogP contribution in [0.3, 0.4) is 0 Å². The number of hydrogen-bond acceptors (Lipinski definition) is 4. The molecule has 1 amide bonds. The molecule has 0 spiro atoms. The first-order chi connectivity index (χ1) is 10.2. The van der Waals surface area contributed by atoms with Crippen molar-refractivity contribution in [2.24, 2.45) is 11.3 Å². The molecule has 0 aromatic carbocycles. The molecule has 1 saturated heterocycles. The number of carbonyl (C=O) groups is 3. The van der Waals surface area contributed by atoms with E-state index in [0.717, 1.165) is 6.42 Å². The minimum Gasteiger partial charge on any atom is -0.373 e. The molecule has 1 N–H and O–H groups in total. The average Bonchev–Trinajstić information content (AvgIpc) is 2.99. The van der Waals surface area contributed by atoms with Gasteiger partial charge in [-0.1, -0.05) is 26.7 Å². The van der Waals surface area contributed by atoms with Crippen molar-refractivity contribution in [3.05, 3.63) is 0 Å². The van der Waals surface area contributed by atoms with Crippen molar-refractivity contribution in [3.8, 4) is 0 Å². The van der Waals surface area contributed by atoms with Gasteiger partial charge in [-0.15, -0.1) is 0 Å². The van der Waals surface area contributed by atoms with Gasteiger partial charge in [0, 0.05) is 5.92 Å². The number of hydrogen-bond donors (Lipinski definition) is 1. The number of ether oxygens (including phenoxy) is 1. The molecule has 2 rings (SSSR count). The number of carbonyl (C=O) groups excluding carboxylic acids is 3. The van der Waals surface area contributed by atoms with E-state index in [-0.39, 0.29) is 34.6 Å². The SMILES string of the molecule is CC(=O)[C@H](CC1(C)CCCC1)NC(=O)P.C[C@H]1COCC1=O. The minimum absolute atomic E-state index is 0.0546. The molecule has 0 radical (unpaired) electrons. The molecule has 1 heterocycles. The lowest BCUT2D eigenvalue weighted by Gasteiger charge is -2.28. The zero-order valence-corrected chi connectivity index (χ0v) is 15.0. The van der Waals surface area contributed by atoms with E-state index in [1.54, 1.807) is 6.92 Å². The lowest BCUT2D eigenvalue weighted by molar-refractivity contribution is -0.120. The molecule has 1 aliphatic heterocycles. The van der Waals surface area contributed by atoms with Gasteiger partial charge >= 0.3 is 0 Å². The van der Waals surface area contributed by atoms with Crippen LogP contribution in [0.25, 0.3) is 0 Å². The normalized spacial score (nSPS) is 24.4. The summed E-state index contributed by atoms with van der Waals surface area (Å²) in [5, 5.41) is 2.71. The lowest BCUT2D eigenvalue weighted by atomic mass is 9.81. The highest BCUT2D eigenvalue weighted by Crippen LogP contribution is 2.41. The Kier molecular flexibility index (Phi) is 7.64. The summed E-state index contributed by atoms with van der Waals surface area (Å²) < 4.78 is 4.82. The third-order valence-electron chi connectivity index (χ3n) is 4.48. The summed E-state index contributed by atoms with van der Waals surface area (Å²) >= 11 is 0. The largest absolute Gasteiger partial charge is 0.373 e. The van der Waals surface area contributed by atoms with Gasteiger partial charge in [-0.05, 0) is 40.8 Å². The molecule has 3 atom stereocenters. The Morgan fingerprint density at radius 1 is 1.41 bits per heavy atom. The molecule has 1 saturated carbocycles. The van der Waals surface area contributed by atoms with Crippen LogP contribution in [-0.4, -0.2) is 36.5 Å². The van der Waals surface area contributed by atoms with Gasteiger partial charge in [0.1, 0.15) is 6.61 Å². The van der Waals surface area contributed by atoms with Crippen molar-refractivity contribution in [2.45, 2.75) is 58.9 Å². The van der Waals surface area contributed by atoms with Crippen LogP contribution < -0.4 is 5.32 Å². The van der Waals surface area contributed by atoms with Gasteiger partial charge in [0.2, 0.25) is 5.65 Å². The third-order valence-corrected chi connectivity index (χ3v) is 4.64. The zero-order valence-electron chi connectivity index (χ0n) is 13.8. The van der Waals surface area contributed by atoms with E-state index in [1.165, 1.54) is 25.7 Å². The van der Waals surface area contributed by atoms with Gasteiger partial charge in [-0.3, -0.25) is 14.4 Å². The highest BCUT2D eigenvalue weighted by molar-refractivity contribution is 7.39. The molecular formula is C16H28NO4P. The quantitative estimate of drug-likeness (QED) is 0.805. The molecular weight excluding hydrogens is 301 g/mol. The summed E-state index contributed by atoms with van der Waals surface area (Å²) in [7, 11) is 2.06. The maximum atomic E-state index is 11.4. The van der Waals surface area contributed by atoms with Crippen molar-refractivity contribution in [2.75, 3.05) is 13.2 Å². The Morgan fingerprint density at radius 3 is 2.32 bits per heavy atom. The topological polar surface area (TPSA) is 72.5 Å². The van der Waals surface area contributed by atoms with Gasteiger partial charge < -0.3 is 10.1 Å². The van der Waals surface area contributed by atoms with Crippen molar-refractivity contribution >= 4 is 26.5 Å². The second kappa shape index (κ2) is 8.73. The fourth-order valence-electron chi connectivity index (χ4n) is 2.97. The van der Waals surface area contributed by atoms with Gasteiger partial charge in [-0.25, -0.2) is 0 Å². The highest BCUT2D eigenvalue weighted by Gasteiger charge is 2.33. The third kappa shape index (κ3) is 6.53. The van der Waals surface area contributed by atoms with Crippen LogP contribution >= 0.6 is 9.24 Å². The van der Waals surface area contributed by atoms with E-state index in [4.69, 9.17) is 4.74 Å². The van der Waals surface area contributed by atoms with Crippen LogP contribution in [0.1, 0.15) is 52.9 Å². The number of Topliss-reactive ketones (excluding diaryl/α,β-unsaturated/α-hetero) is 2. The molecule has 126 valence electrons. The summed E-state index contributed by atoms with van der Waals surface area (Å²) in [4.78, 5) is 32.8. The van der Waals surface area contributed by atoms with Crippen molar-refractivity contribution < 1.29 is 19.1 Å². The number of nitrogens with one attached hydrogen (secondary N) is 1. The maximum Gasteiger partial charge on any atom is 0.235 e. The summed E-state index contributed by atoms with van der Waals surface area (Å²) in [5.74, 6) is 0.443. The first kappa shape index (κ1) is 19.2. The molecule has 22 heavy (non-hydrogen) atoms. The monoisotopic (exact) mass is 329 g/mol. The molecule has 0 bridgehead atoms. The summed E-state index contributed by atoms with van der Waals surface area (Å²) in [6.45, 7) is 6.60. The Balaban J connectivity index is 0.000000287. The van der Waals surface area contributed by atoms with Crippen LogP contribution in [0.4, 0.5) is 4.79 Å². The van der Waals surface area contributed by atoms with Crippen LogP contribution in [0.5, 0.6) is 0 Å². The second-order valence-corrected chi connectivity index (χ2v) is 7.30. The Bertz CT molecular complexity index is 418. The summed E-state index contributed by atoms with van der Waals surface area (Å²) in [6.07, 6.45) is 5.61. The van der Waals surface area contributed by atoms with Gasteiger partial charge in [0.05, 0.1) is 12.6 Å². The van der Waals surface area contributed by atoms with E-state index >= 15 is 0 Å². The van der Waals surface area contributed by atoms with Crippen LogP contribution in [0, 0.1) is 11.3 Å². The molecule has 2 aliphatic rings. The van der Waals surface area contributed by atoms with Crippen molar-refractivity contribution in [1.82, 2.24) is 5.32 Å². The fourth-order valence-corrected chi connectivity index (χ4v) is 3.17. The van der Waals surface area contributed by atoms with Gasteiger partial charge in [0.15, 0.2) is 11.6 Å². The van der Waals surface area contributed by atoms with E-state index < -0.39 is 0 Å². The van der Waals surface area contributed by atoms with Crippen molar-refractivity contribution in [3.63, 3.8) is 0 Å². The molecule has 5 nitrogen and oxygen atoms in total. The predicted octanol–water partition coefficient (Wildman–Crippen LogP) is 2.72. The Labute approximate surface area is 135 Å². The van der Waals surface area contributed by atoms with Gasteiger partial charge in [-0.2, -0.15) is 0 Å². The fraction of sp³-hybridized carbons (Fsp3) is 0.812. The Hall–Kier alpha value is -0.800. The van der Waals surface area contributed by atoms with Crippen LogP contribution in [-0.2, 0) is 14.3 Å². The maximum absolute atomic E-state index is 11.4. The summed E-state index contributed by atoms with van der Waals surface area (Å²) in [5.41, 5.74) is 0.0421. The molecule has 1 unspecified atom stereocenters. The van der Waals surface area contributed by atoms with Crippen LogP contribution in [0.15, 0.2) is 0 Å². The first-order valence-electron chi connectivity index (χ1n) is 7.90. The molecule has 6 heteroatoms. The predicted molar refractivity (Wildman–Crippen MR) is 88.9 cm³/mol. The highest BCUT2D eigenvalue weighted by atomic mass is 31.0. The summed E-state index contributed by atoms with van der Waals surface area (Å²) in [6, 6.07) is -0.307. The molecule has 1 aliphatic carbocycles. The van der Waals surface area contributed by atoms with Crippen LogP contribution in [0.2, 0.25) is 0 Å². The smallest absolute Gasteiger partial charge is 0.235 e. The minimum atomic E-state index is -0.307. The van der Waals surface area contributed by atoms with E-state index in [2.05, 4.69) is 21.5 Å². The molecule has 0 aromatic rings. The number of amides is 1. The zero-order chi connectivity index (χ0) is 16.8. The average molecular weight is 329 g/mol. The van der Waals surface area contributed by atoms with E-state index in [9.17, 15) is 14.4 Å². The standard InChI is InChI=1S/C11H20NO2P.C5H8O2/c1-8(13)9(12-10(14)15)7-11(2)5-3-4-6-11;1-4-2-7-3-5(4)6/h9H,3-7,15H2,1-2H3,(H,12,14);4H,2-3H2,1H3/t9-;4-/m00/s1.